The van der Waals surface area contributed by atoms with Crippen LogP contribution in [-0.2, 0) is 0 Å². The maximum Gasteiger partial charge on any atom is 0.124 e. The van der Waals surface area contributed by atoms with Gasteiger partial charge in [-0.25, -0.2) is 0 Å². The summed E-state index contributed by atoms with van der Waals surface area (Å²) in [4.78, 5) is 0. The molecular weight excluding hydrogens is 252 g/mol. The molecule has 1 atom stereocenters. The zero-order valence-corrected chi connectivity index (χ0v) is 11.8. The number of nitrogens with two attached hydrogens (primary N) is 1. The van der Waals surface area contributed by atoms with Crippen molar-refractivity contribution in [1.29, 1.82) is 0 Å². The number of anilines is 1. The first-order valence-electron chi connectivity index (χ1n) is 6.52. The van der Waals surface area contributed by atoms with Gasteiger partial charge in [-0.2, -0.15) is 0 Å². The van der Waals surface area contributed by atoms with Gasteiger partial charge in [-0.05, 0) is 30.3 Å². The van der Waals surface area contributed by atoms with E-state index in [2.05, 4.69) is 5.32 Å². The van der Waals surface area contributed by atoms with Crippen molar-refractivity contribution in [2.24, 2.45) is 5.73 Å². The molecule has 0 aliphatic heterocycles. The van der Waals surface area contributed by atoms with Crippen LogP contribution >= 0.6 is 0 Å². The average molecular weight is 272 g/mol. The van der Waals surface area contributed by atoms with E-state index in [0.717, 1.165) is 22.7 Å². The van der Waals surface area contributed by atoms with Gasteiger partial charge in [-0.15, -0.1) is 0 Å². The Hall–Kier alpha value is -2.20. The molecule has 0 radical (unpaired) electrons. The largest absolute Gasteiger partial charge is 0.497 e. The molecule has 106 valence electrons. The van der Waals surface area contributed by atoms with Crippen LogP contribution in [0.4, 0.5) is 5.69 Å². The van der Waals surface area contributed by atoms with Gasteiger partial charge in [0.1, 0.15) is 11.5 Å². The van der Waals surface area contributed by atoms with Crippen molar-refractivity contribution in [2.45, 2.75) is 6.04 Å². The summed E-state index contributed by atoms with van der Waals surface area (Å²) in [6.45, 7) is 0.479. The number of para-hydroxylation sites is 1. The predicted octanol–water partition coefficient (Wildman–Crippen LogP) is 2.82. The molecule has 2 aromatic rings. The highest BCUT2D eigenvalue weighted by atomic mass is 16.5. The Balaban J connectivity index is 2.19. The minimum absolute atomic E-state index is 0.000421. The van der Waals surface area contributed by atoms with Crippen LogP contribution in [0.2, 0.25) is 0 Å². The third kappa shape index (κ3) is 3.22. The molecule has 0 heterocycles. The lowest BCUT2D eigenvalue weighted by Gasteiger charge is -2.21. The Labute approximate surface area is 119 Å². The first-order chi connectivity index (χ1) is 9.78. The molecule has 1 unspecified atom stereocenters. The first kappa shape index (κ1) is 14.2. The summed E-state index contributed by atoms with van der Waals surface area (Å²) in [7, 11) is 3.32. The van der Waals surface area contributed by atoms with Crippen LogP contribution in [0, 0.1) is 0 Å². The zero-order valence-electron chi connectivity index (χ0n) is 11.8. The van der Waals surface area contributed by atoms with E-state index in [0.29, 0.717) is 6.54 Å². The van der Waals surface area contributed by atoms with Gasteiger partial charge in [0, 0.05) is 17.8 Å². The van der Waals surface area contributed by atoms with E-state index >= 15 is 0 Å². The van der Waals surface area contributed by atoms with Crippen LogP contribution in [0.1, 0.15) is 11.6 Å². The standard InChI is InChI=1S/C16H20N2O2/c1-19-13-9-7-12(8-10-13)18-15(11-17)14-5-3-4-6-16(14)20-2/h3-10,15,18H,11,17H2,1-2H3. The molecule has 0 aliphatic rings. The number of hydrogen-bond acceptors (Lipinski definition) is 4. The zero-order chi connectivity index (χ0) is 14.4. The number of methoxy groups -OCH3 is 2. The van der Waals surface area contributed by atoms with Crippen molar-refractivity contribution >= 4 is 5.69 Å². The summed E-state index contributed by atoms with van der Waals surface area (Å²) < 4.78 is 10.5. The van der Waals surface area contributed by atoms with Gasteiger partial charge in [-0.3, -0.25) is 0 Å². The average Bonchev–Trinajstić information content (AvgIpc) is 2.53. The summed E-state index contributed by atoms with van der Waals surface area (Å²) in [5.74, 6) is 1.67. The Morgan fingerprint density at radius 3 is 2.30 bits per heavy atom. The quantitative estimate of drug-likeness (QED) is 0.849. The number of hydrogen-bond donors (Lipinski definition) is 2. The van der Waals surface area contributed by atoms with Crippen molar-refractivity contribution < 1.29 is 9.47 Å². The summed E-state index contributed by atoms with van der Waals surface area (Å²) in [6, 6.07) is 15.7. The van der Waals surface area contributed by atoms with E-state index in [9.17, 15) is 0 Å². The van der Waals surface area contributed by atoms with E-state index in [1.807, 2.05) is 48.5 Å². The van der Waals surface area contributed by atoms with Gasteiger partial charge in [0.25, 0.3) is 0 Å². The Bertz CT molecular complexity index is 540. The molecule has 4 heteroatoms. The normalized spacial score (nSPS) is 11.8. The second-order valence-corrected chi connectivity index (χ2v) is 4.40. The molecule has 3 N–H and O–H groups in total. The fraction of sp³-hybridized carbons (Fsp3) is 0.250. The van der Waals surface area contributed by atoms with Crippen molar-refractivity contribution in [3.05, 3.63) is 54.1 Å². The van der Waals surface area contributed by atoms with E-state index in [1.54, 1.807) is 14.2 Å². The molecule has 0 amide bonds. The van der Waals surface area contributed by atoms with Crippen LogP contribution in [0.15, 0.2) is 48.5 Å². The van der Waals surface area contributed by atoms with Crippen LogP contribution in [0.3, 0.4) is 0 Å². The Kier molecular flexibility index (Phi) is 4.85. The van der Waals surface area contributed by atoms with Crippen molar-refractivity contribution in [3.8, 4) is 11.5 Å². The first-order valence-corrected chi connectivity index (χ1v) is 6.52. The van der Waals surface area contributed by atoms with E-state index < -0.39 is 0 Å². The number of benzene rings is 2. The second-order valence-electron chi connectivity index (χ2n) is 4.40. The molecule has 2 aromatic carbocycles. The summed E-state index contributed by atoms with van der Waals surface area (Å²) in [5.41, 5.74) is 7.93. The molecule has 0 saturated heterocycles. The Morgan fingerprint density at radius 1 is 1.00 bits per heavy atom. The van der Waals surface area contributed by atoms with Crippen molar-refractivity contribution in [2.75, 3.05) is 26.1 Å². The highest BCUT2D eigenvalue weighted by Gasteiger charge is 2.14. The number of nitrogens with one attached hydrogen (secondary N) is 1. The Morgan fingerprint density at radius 2 is 1.70 bits per heavy atom. The lowest BCUT2D eigenvalue weighted by atomic mass is 10.1. The van der Waals surface area contributed by atoms with Crippen LogP contribution in [-0.4, -0.2) is 20.8 Å². The van der Waals surface area contributed by atoms with Crippen LogP contribution in [0.25, 0.3) is 0 Å². The molecule has 0 aromatic heterocycles. The number of rotatable bonds is 6. The topological polar surface area (TPSA) is 56.5 Å². The fourth-order valence-electron chi connectivity index (χ4n) is 2.11. The van der Waals surface area contributed by atoms with Gasteiger partial charge in [-0.1, -0.05) is 18.2 Å². The van der Waals surface area contributed by atoms with Gasteiger partial charge < -0.3 is 20.5 Å². The maximum absolute atomic E-state index is 5.89. The third-order valence-electron chi connectivity index (χ3n) is 3.18. The lowest BCUT2D eigenvalue weighted by Crippen LogP contribution is -2.21. The summed E-state index contributed by atoms with van der Waals surface area (Å²) in [5, 5.41) is 3.41. The molecule has 0 bridgehead atoms. The van der Waals surface area contributed by atoms with Gasteiger partial charge >= 0.3 is 0 Å². The van der Waals surface area contributed by atoms with Gasteiger partial charge in [0.15, 0.2) is 0 Å². The van der Waals surface area contributed by atoms with Crippen LogP contribution in [0.5, 0.6) is 11.5 Å². The molecule has 20 heavy (non-hydrogen) atoms. The van der Waals surface area contributed by atoms with E-state index in [1.165, 1.54) is 0 Å². The predicted molar refractivity (Wildman–Crippen MR) is 81.4 cm³/mol. The minimum atomic E-state index is -0.000421. The highest BCUT2D eigenvalue weighted by molar-refractivity contribution is 5.50. The molecule has 0 spiro atoms. The lowest BCUT2D eigenvalue weighted by molar-refractivity contribution is 0.407. The highest BCUT2D eigenvalue weighted by Crippen LogP contribution is 2.27. The monoisotopic (exact) mass is 272 g/mol. The third-order valence-corrected chi connectivity index (χ3v) is 3.18. The van der Waals surface area contributed by atoms with Gasteiger partial charge in [0.05, 0.1) is 20.3 Å². The minimum Gasteiger partial charge on any atom is -0.497 e. The van der Waals surface area contributed by atoms with Crippen LogP contribution < -0.4 is 20.5 Å². The molecular formula is C16H20N2O2. The molecule has 0 saturated carbocycles. The molecule has 2 rings (SSSR count). The van der Waals surface area contributed by atoms with Crippen molar-refractivity contribution in [1.82, 2.24) is 0 Å². The van der Waals surface area contributed by atoms with Gasteiger partial charge in [0.2, 0.25) is 0 Å². The molecule has 0 aliphatic carbocycles. The van der Waals surface area contributed by atoms with E-state index in [4.69, 9.17) is 15.2 Å². The van der Waals surface area contributed by atoms with Crippen molar-refractivity contribution in [3.63, 3.8) is 0 Å². The van der Waals surface area contributed by atoms with E-state index in [-0.39, 0.29) is 6.04 Å². The smallest absolute Gasteiger partial charge is 0.124 e. The molecule has 0 fully saturated rings. The molecule has 4 nitrogen and oxygen atoms in total. The second kappa shape index (κ2) is 6.82. The summed E-state index contributed by atoms with van der Waals surface area (Å²) in [6.07, 6.45) is 0. The fourth-order valence-corrected chi connectivity index (χ4v) is 2.11. The maximum atomic E-state index is 5.89. The number of ether oxygens (including phenoxy) is 2. The summed E-state index contributed by atoms with van der Waals surface area (Å²) >= 11 is 0. The SMILES string of the molecule is COc1ccc(NC(CN)c2ccccc2OC)cc1.